The first kappa shape index (κ1) is 6.69. The van der Waals surface area contributed by atoms with Crippen LogP contribution in [0.25, 0.3) is 0 Å². The second-order valence-corrected chi connectivity index (χ2v) is 2.31. The minimum atomic E-state index is 0.539. The quantitative estimate of drug-likeness (QED) is 0.622. The molecule has 0 saturated heterocycles. The molecule has 1 aromatic heterocycles. The zero-order valence-corrected chi connectivity index (χ0v) is 6.11. The van der Waals surface area contributed by atoms with Gasteiger partial charge >= 0.3 is 0 Å². The average molecular weight is 145 g/mol. The van der Waals surface area contributed by atoms with Crippen molar-refractivity contribution in [3.63, 3.8) is 0 Å². The van der Waals surface area contributed by atoms with Crippen LogP contribution in [0.15, 0.2) is 16.7 Å². The Morgan fingerprint density at radius 2 is 2.44 bits per heavy atom. The van der Waals surface area contributed by atoms with Crippen molar-refractivity contribution in [3.8, 4) is 0 Å². The highest BCUT2D eigenvalue weighted by molar-refractivity contribution is 6.29. The molecule has 0 amide bonds. The zero-order chi connectivity index (χ0) is 6.69. The second-order valence-electron chi connectivity index (χ2n) is 1.97. The molecule has 0 atom stereocenters. The highest BCUT2D eigenvalue weighted by atomic mass is 35.5. The molecular weight excluding hydrogens is 136 g/mol. The van der Waals surface area contributed by atoms with E-state index < -0.39 is 0 Å². The maximum absolute atomic E-state index is 5.65. The standard InChI is InChI=1S/C7H9ClO/c1-2-3-6-4-5-9-7(6)8/h4-5H,2-3H2,1H3. The number of aryl methyl sites for hydroxylation is 1. The Hall–Kier alpha value is -0.430. The number of rotatable bonds is 2. The van der Waals surface area contributed by atoms with Gasteiger partial charge in [-0.05, 0) is 24.1 Å². The lowest BCUT2D eigenvalue weighted by atomic mass is 10.2. The molecule has 0 aromatic carbocycles. The van der Waals surface area contributed by atoms with Gasteiger partial charge in [0.1, 0.15) is 0 Å². The molecule has 1 nitrogen and oxygen atoms in total. The van der Waals surface area contributed by atoms with Gasteiger partial charge in [0.05, 0.1) is 6.26 Å². The molecule has 0 aliphatic rings. The lowest BCUT2D eigenvalue weighted by molar-refractivity contribution is 0.565. The Balaban J connectivity index is 2.69. The van der Waals surface area contributed by atoms with Gasteiger partial charge in [-0.1, -0.05) is 13.3 Å². The van der Waals surface area contributed by atoms with Gasteiger partial charge in [-0.2, -0.15) is 0 Å². The van der Waals surface area contributed by atoms with Gasteiger partial charge < -0.3 is 4.42 Å². The SMILES string of the molecule is CCCc1ccoc1Cl. The third kappa shape index (κ3) is 1.49. The van der Waals surface area contributed by atoms with E-state index in [2.05, 4.69) is 6.92 Å². The van der Waals surface area contributed by atoms with E-state index in [9.17, 15) is 0 Å². The monoisotopic (exact) mass is 144 g/mol. The van der Waals surface area contributed by atoms with Crippen LogP contribution in [0.5, 0.6) is 0 Å². The molecule has 1 rings (SSSR count). The van der Waals surface area contributed by atoms with Crippen molar-refractivity contribution < 1.29 is 4.42 Å². The number of halogens is 1. The predicted octanol–water partition coefficient (Wildman–Crippen LogP) is 2.89. The molecule has 0 unspecified atom stereocenters. The maximum Gasteiger partial charge on any atom is 0.196 e. The molecular formula is C7H9ClO. The summed E-state index contributed by atoms with van der Waals surface area (Å²) in [6.45, 7) is 2.11. The normalized spacial score (nSPS) is 10.0. The first-order chi connectivity index (χ1) is 4.34. The van der Waals surface area contributed by atoms with Crippen LogP contribution in [0.1, 0.15) is 18.9 Å². The Morgan fingerprint density at radius 1 is 1.67 bits per heavy atom. The lowest BCUT2D eigenvalue weighted by Crippen LogP contribution is -1.76. The van der Waals surface area contributed by atoms with Gasteiger partial charge in [-0.15, -0.1) is 0 Å². The van der Waals surface area contributed by atoms with Gasteiger partial charge in [-0.3, -0.25) is 0 Å². The van der Waals surface area contributed by atoms with Gasteiger partial charge in [0, 0.05) is 5.56 Å². The smallest absolute Gasteiger partial charge is 0.196 e. The topological polar surface area (TPSA) is 13.1 Å². The molecule has 9 heavy (non-hydrogen) atoms. The molecule has 0 fully saturated rings. The minimum Gasteiger partial charge on any atom is -0.453 e. The summed E-state index contributed by atoms with van der Waals surface area (Å²) in [5.41, 5.74) is 1.11. The van der Waals surface area contributed by atoms with Crippen LogP contribution in [-0.2, 0) is 6.42 Å². The highest BCUT2D eigenvalue weighted by Crippen LogP contribution is 2.17. The van der Waals surface area contributed by atoms with Crippen LogP contribution in [0.2, 0.25) is 5.22 Å². The summed E-state index contributed by atoms with van der Waals surface area (Å²) in [5.74, 6) is 0. The van der Waals surface area contributed by atoms with Crippen LogP contribution in [0, 0.1) is 0 Å². The van der Waals surface area contributed by atoms with Crippen molar-refractivity contribution in [1.82, 2.24) is 0 Å². The van der Waals surface area contributed by atoms with E-state index in [0.29, 0.717) is 5.22 Å². The van der Waals surface area contributed by atoms with Crippen molar-refractivity contribution >= 4 is 11.6 Å². The molecule has 1 aromatic rings. The van der Waals surface area contributed by atoms with Gasteiger partial charge in [0.25, 0.3) is 0 Å². The van der Waals surface area contributed by atoms with Crippen LogP contribution >= 0.6 is 11.6 Å². The van der Waals surface area contributed by atoms with Gasteiger partial charge in [0.15, 0.2) is 5.22 Å². The van der Waals surface area contributed by atoms with Crippen molar-refractivity contribution in [2.75, 3.05) is 0 Å². The molecule has 0 bridgehead atoms. The van der Waals surface area contributed by atoms with E-state index in [4.69, 9.17) is 16.0 Å². The molecule has 0 aliphatic carbocycles. The largest absolute Gasteiger partial charge is 0.453 e. The van der Waals surface area contributed by atoms with Crippen molar-refractivity contribution in [1.29, 1.82) is 0 Å². The second kappa shape index (κ2) is 2.92. The van der Waals surface area contributed by atoms with E-state index in [-0.39, 0.29) is 0 Å². The summed E-state index contributed by atoms with van der Waals surface area (Å²) in [7, 11) is 0. The zero-order valence-electron chi connectivity index (χ0n) is 5.36. The van der Waals surface area contributed by atoms with Crippen LogP contribution in [0.4, 0.5) is 0 Å². The molecule has 1 heterocycles. The van der Waals surface area contributed by atoms with E-state index >= 15 is 0 Å². The summed E-state index contributed by atoms with van der Waals surface area (Å²) < 4.78 is 4.88. The summed E-state index contributed by atoms with van der Waals surface area (Å²) >= 11 is 5.65. The highest BCUT2D eigenvalue weighted by Gasteiger charge is 1.99. The summed E-state index contributed by atoms with van der Waals surface area (Å²) in [6, 6.07) is 1.91. The van der Waals surface area contributed by atoms with Gasteiger partial charge in [-0.25, -0.2) is 0 Å². The van der Waals surface area contributed by atoms with E-state index in [1.807, 2.05) is 6.07 Å². The summed E-state index contributed by atoms with van der Waals surface area (Å²) in [6.07, 6.45) is 3.74. The Kier molecular flexibility index (Phi) is 2.17. The molecule has 0 aliphatic heterocycles. The fraction of sp³-hybridized carbons (Fsp3) is 0.429. The van der Waals surface area contributed by atoms with Crippen molar-refractivity contribution in [2.24, 2.45) is 0 Å². The third-order valence-corrected chi connectivity index (χ3v) is 1.54. The van der Waals surface area contributed by atoms with E-state index in [0.717, 1.165) is 18.4 Å². The Morgan fingerprint density at radius 3 is 2.89 bits per heavy atom. The van der Waals surface area contributed by atoms with Crippen molar-refractivity contribution in [3.05, 3.63) is 23.1 Å². The molecule has 0 spiro atoms. The Labute approximate surface area is 59.6 Å². The lowest BCUT2D eigenvalue weighted by Gasteiger charge is -1.89. The van der Waals surface area contributed by atoms with E-state index in [1.165, 1.54) is 0 Å². The third-order valence-electron chi connectivity index (χ3n) is 1.21. The minimum absolute atomic E-state index is 0.539. The van der Waals surface area contributed by atoms with Gasteiger partial charge in [0.2, 0.25) is 0 Å². The Bertz CT molecular complexity index is 181. The van der Waals surface area contributed by atoms with Crippen LogP contribution in [0.3, 0.4) is 0 Å². The average Bonchev–Trinajstić information content (AvgIpc) is 2.18. The maximum atomic E-state index is 5.65. The van der Waals surface area contributed by atoms with Crippen LogP contribution in [-0.4, -0.2) is 0 Å². The predicted molar refractivity (Wildman–Crippen MR) is 37.7 cm³/mol. The molecule has 2 heteroatoms. The van der Waals surface area contributed by atoms with E-state index in [1.54, 1.807) is 6.26 Å². The fourth-order valence-corrected chi connectivity index (χ4v) is 0.977. The molecule has 0 N–H and O–H groups in total. The first-order valence-electron chi connectivity index (χ1n) is 3.06. The molecule has 50 valence electrons. The first-order valence-corrected chi connectivity index (χ1v) is 3.44. The molecule has 0 saturated carbocycles. The number of furan rings is 1. The summed E-state index contributed by atoms with van der Waals surface area (Å²) in [4.78, 5) is 0. The number of hydrogen-bond acceptors (Lipinski definition) is 1. The molecule has 0 radical (unpaired) electrons. The number of hydrogen-bond donors (Lipinski definition) is 0. The fourth-order valence-electron chi connectivity index (χ4n) is 0.768. The van der Waals surface area contributed by atoms with Crippen LogP contribution < -0.4 is 0 Å². The van der Waals surface area contributed by atoms with Crippen molar-refractivity contribution in [2.45, 2.75) is 19.8 Å². The summed E-state index contributed by atoms with van der Waals surface area (Å²) in [5, 5.41) is 0.539.